The van der Waals surface area contributed by atoms with Crippen molar-refractivity contribution in [2.75, 3.05) is 49.2 Å². The monoisotopic (exact) mass is 1530 g/mol. The number of pyridine rings is 2. The van der Waals surface area contributed by atoms with Crippen molar-refractivity contribution in [2.45, 2.75) is 251 Å². The number of hydrogen-bond donors (Lipinski definition) is 6. The molecule has 2 aliphatic rings. The lowest BCUT2D eigenvalue weighted by atomic mass is 10.0. The summed E-state index contributed by atoms with van der Waals surface area (Å²) >= 11 is 0. The molecular formula is C74H108ClN8O20S2+. The smallest absolute Gasteiger partial charge is 0.416 e. The van der Waals surface area contributed by atoms with E-state index in [1.165, 1.54) is 12.1 Å². The minimum atomic E-state index is -4.27. The number of carbonyl (C=O) groups is 8. The zero-order chi connectivity index (χ0) is 79.0. The Balaban J connectivity index is 0.000000374. The normalized spacial score (nSPS) is 13.7. The number of aromatic nitrogens is 2. The molecule has 0 aliphatic carbocycles. The zero-order valence-corrected chi connectivity index (χ0v) is 65.7. The van der Waals surface area contributed by atoms with Crippen molar-refractivity contribution >= 4 is 89.3 Å². The molecule has 0 saturated heterocycles. The molecule has 28 nitrogen and oxygen atoms in total. The maximum Gasteiger partial charge on any atom is 0.416 e. The summed E-state index contributed by atoms with van der Waals surface area (Å²) in [5, 5.41) is 22.7. The third-order valence-electron chi connectivity index (χ3n) is 15.3. The molecule has 4 aromatic rings. The van der Waals surface area contributed by atoms with Crippen molar-refractivity contribution in [2.24, 2.45) is 5.73 Å². The molecule has 0 fully saturated rings. The Morgan fingerprint density at radius 1 is 0.552 bits per heavy atom. The quantitative estimate of drug-likeness (QED) is 0.00896. The number of sulfonamides is 1. The highest BCUT2D eigenvalue weighted by atomic mass is 35.7. The number of anilines is 2. The lowest BCUT2D eigenvalue weighted by Crippen LogP contribution is -2.50. The molecular weight excluding hydrogens is 1420 g/mol. The van der Waals surface area contributed by atoms with Gasteiger partial charge in [0.25, 0.3) is 9.05 Å². The number of hydrogen-bond acceptors (Lipinski definition) is 21. The zero-order valence-electron chi connectivity index (χ0n) is 63.3. The van der Waals surface area contributed by atoms with Gasteiger partial charge in [-0.2, -0.15) is 4.72 Å². The van der Waals surface area contributed by atoms with E-state index < -0.39 is 83.5 Å². The molecule has 7 N–H and O–H groups in total. The number of esters is 2. The van der Waals surface area contributed by atoms with Gasteiger partial charge in [0.15, 0.2) is 0 Å². The van der Waals surface area contributed by atoms with Crippen LogP contribution in [0.3, 0.4) is 0 Å². The van der Waals surface area contributed by atoms with Crippen molar-refractivity contribution in [1.82, 2.24) is 25.3 Å². The first kappa shape index (κ1) is 89.1. The van der Waals surface area contributed by atoms with Gasteiger partial charge in [0.1, 0.15) is 58.9 Å². The fourth-order valence-corrected chi connectivity index (χ4v) is 14.1. The average molecular weight is 1530 g/mol. The highest BCUT2D eigenvalue weighted by Crippen LogP contribution is 2.32. The molecule has 4 amide bonds. The molecule has 0 unspecified atom stereocenters. The van der Waals surface area contributed by atoms with Crippen LogP contribution in [-0.4, -0.2) is 159 Å². The third kappa shape index (κ3) is 32.5. The number of carboxylic acid groups (broad SMARTS) is 2. The minimum Gasteiger partial charge on any atom is -0.494 e. The topological polar surface area (TPSA) is 395 Å². The fraction of sp³-hybridized carbons (Fsp3) is 0.581. The van der Waals surface area contributed by atoms with Crippen LogP contribution in [0, 0.1) is 34.6 Å². The second-order valence-electron chi connectivity index (χ2n) is 29.5. The van der Waals surface area contributed by atoms with Crippen LogP contribution in [0.15, 0.2) is 58.3 Å². The Bertz CT molecular complexity index is 3870. The Kier molecular flexibility index (Phi) is 33.8. The van der Waals surface area contributed by atoms with Gasteiger partial charge in [0.2, 0.25) is 27.4 Å². The second kappa shape index (κ2) is 39.9. The first-order chi connectivity index (χ1) is 48.6. The van der Waals surface area contributed by atoms with Gasteiger partial charge in [-0.3, -0.25) is 38.6 Å². The summed E-state index contributed by atoms with van der Waals surface area (Å²) in [6, 6.07) is 11.8. The van der Waals surface area contributed by atoms with Gasteiger partial charge >= 0.3 is 36.1 Å². The molecule has 0 saturated carbocycles. The van der Waals surface area contributed by atoms with E-state index in [0.717, 1.165) is 54.6 Å². The Morgan fingerprint density at radius 2 is 0.943 bits per heavy atom. The lowest BCUT2D eigenvalue weighted by molar-refractivity contribution is -0.157. The summed E-state index contributed by atoms with van der Waals surface area (Å²) < 4.78 is 85.1. The van der Waals surface area contributed by atoms with Crippen LogP contribution in [0.1, 0.15) is 198 Å². The largest absolute Gasteiger partial charge is 0.494 e. The second-order valence-corrected chi connectivity index (χ2v) is 33.6. The number of aryl methyl sites for hydroxylation is 8. The molecule has 105 heavy (non-hydrogen) atoms. The molecule has 2 aromatic heterocycles. The van der Waals surface area contributed by atoms with E-state index in [0.29, 0.717) is 110 Å². The molecule has 4 heterocycles. The van der Waals surface area contributed by atoms with Crippen LogP contribution < -0.4 is 40.4 Å². The summed E-state index contributed by atoms with van der Waals surface area (Å²) in [5.74, 6) is -1.62. The predicted molar refractivity (Wildman–Crippen MR) is 396 cm³/mol. The number of benzene rings is 2. The molecule has 0 bridgehead atoms. The molecule has 6 rings (SSSR count). The number of carbonyl (C=O) groups excluding carboxylic acids is 6. The highest BCUT2D eigenvalue weighted by Gasteiger charge is 2.35. The lowest BCUT2D eigenvalue weighted by Gasteiger charge is -2.31. The minimum absolute atomic E-state index is 0.0145. The Hall–Kier alpha value is -8.32. The standard InChI is InChI=1S/C37H54N4O10S.C25H38N4O5.C12H15ClO5S/c1-24-21-28(49-20-12-16-31(43)44)22-25(2)32(24)52(47,48)40-29(34(45)50-36(3,4)5)23-38-30(42)15-10-9-14-27-18-17-26-13-11-19-41(33(26)39-27)35(46)51-37(6,7)8;1-24(2,3)33-22(31)19(26)16-27-20(30)12-8-7-11-18-14-13-17-10-9-15-29(21(17)28-18)23(32)34-25(4,5)6;1-8-6-10(18-5-3-4-11(14)15)7-9(2)12(8)19(13,16)17/h17-18,21-22,29,40H,9-16,19-20,23H2,1-8H3,(H,38,42)(H,43,44);13-14,19H,1,7-12,15-16,26H2,2-6H3;6-7H,3-5H2,1-2H3,(H,14,15)/p+1/t29-;19-;/m00./s1. The van der Waals surface area contributed by atoms with Crippen LogP contribution in [0.25, 0.3) is 0 Å². The van der Waals surface area contributed by atoms with E-state index in [1.54, 1.807) is 84.2 Å². The number of fused-ring (bicyclic) bond motifs is 2. The number of carboxylic acids is 2. The van der Waals surface area contributed by atoms with Crippen LogP contribution in [-0.2, 0) is 92.5 Å². The van der Waals surface area contributed by atoms with Crippen molar-refractivity contribution in [3.05, 3.63) is 100 Å². The van der Waals surface area contributed by atoms with Crippen molar-refractivity contribution in [1.29, 1.82) is 0 Å². The highest BCUT2D eigenvalue weighted by molar-refractivity contribution is 8.13. The van der Waals surface area contributed by atoms with E-state index in [-0.39, 0.29) is 73.3 Å². The van der Waals surface area contributed by atoms with Crippen LogP contribution in [0.2, 0.25) is 0 Å². The van der Waals surface area contributed by atoms with Gasteiger partial charge in [-0.1, -0.05) is 12.1 Å². The van der Waals surface area contributed by atoms with Crippen molar-refractivity contribution < 1.29 is 93.8 Å². The number of halogens is 1. The summed E-state index contributed by atoms with van der Waals surface area (Å²) in [7, 11) is -2.70. The van der Waals surface area contributed by atoms with Gasteiger partial charge < -0.3 is 55.0 Å². The first-order valence-electron chi connectivity index (χ1n) is 35.1. The Morgan fingerprint density at radius 3 is 1.31 bits per heavy atom. The van der Waals surface area contributed by atoms with Crippen molar-refractivity contribution in [3.8, 4) is 11.5 Å². The van der Waals surface area contributed by atoms with Gasteiger partial charge in [-0.05, 0) is 237 Å². The summed E-state index contributed by atoms with van der Waals surface area (Å²) in [4.78, 5) is 109. The number of amides is 4. The molecule has 582 valence electrons. The fourth-order valence-electron chi connectivity index (χ4n) is 10.9. The number of rotatable bonds is 31. The summed E-state index contributed by atoms with van der Waals surface area (Å²) in [6.45, 7) is 30.6. The van der Waals surface area contributed by atoms with Crippen molar-refractivity contribution in [3.63, 3.8) is 0 Å². The summed E-state index contributed by atoms with van der Waals surface area (Å²) in [6.07, 6.45) is 7.52. The van der Waals surface area contributed by atoms with Crippen LogP contribution in [0.5, 0.6) is 11.5 Å². The number of ether oxygens (including phenoxy) is 6. The van der Waals surface area contributed by atoms with E-state index in [1.807, 2.05) is 65.8 Å². The first-order valence-corrected chi connectivity index (χ1v) is 38.9. The molecule has 0 spiro atoms. The summed E-state index contributed by atoms with van der Waals surface area (Å²) in [5.41, 5.74) is 8.20. The predicted octanol–water partition coefficient (Wildman–Crippen LogP) is 10.7. The average Bonchev–Trinajstić information content (AvgIpc) is 0.725. The van der Waals surface area contributed by atoms with E-state index in [2.05, 4.69) is 22.3 Å². The molecule has 0 radical (unpaired) electrons. The van der Waals surface area contributed by atoms with Gasteiger partial charge in [0.05, 0.1) is 23.0 Å². The van der Waals surface area contributed by atoms with E-state index in [4.69, 9.17) is 65.0 Å². The molecule has 31 heteroatoms. The van der Waals surface area contributed by atoms with Crippen LogP contribution >= 0.6 is 10.7 Å². The molecule has 2 aliphatic heterocycles. The number of aliphatic carboxylic acids is 2. The van der Waals surface area contributed by atoms with Crippen LogP contribution in [0.4, 0.5) is 21.2 Å². The SMILES string of the molecule is Cc1cc(OCCCC(=O)O)cc(C)c1S(=O)(=O)Cl.Cc1cc(OCCCC(=O)O)cc(C)c1S(=O)(=O)N[C@@H](CNC(=O)CCCCc1ccc2c(n1)N(C(=O)OC(C)(C)C)CCC2)C(=O)OC(C)(C)C.[CH2+]C(C)(C)OC(=O)[C@@H](N)CNC(=O)CCCCc1ccc2c(n1)N(C(=O)OC(C)(C)C)CCC2. The number of nitrogens with two attached hydrogens (primary N) is 1. The van der Waals surface area contributed by atoms with Gasteiger partial charge in [-0.25, -0.2) is 36.4 Å². The number of nitrogens with zero attached hydrogens (tertiary/aromatic N) is 4. The maximum absolute atomic E-state index is 13.6. The van der Waals surface area contributed by atoms with Gasteiger partial charge in [0, 0.05) is 87.8 Å². The number of unbranched alkanes of at least 4 members (excludes halogenated alkanes) is 2. The molecule has 2 aromatic carbocycles. The Labute approximate surface area is 622 Å². The molecule has 2 atom stereocenters. The number of nitrogens with one attached hydrogen (secondary N) is 3. The van der Waals surface area contributed by atoms with Gasteiger partial charge in [-0.15, -0.1) is 0 Å². The van der Waals surface area contributed by atoms with E-state index >= 15 is 0 Å². The maximum atomic E-state index is 13.6. The third-order valence-corrected chi connectivity index (χ3v) is 18.6. The van der Waals surface area contributed by atoms with E-state index in [9.17, 15) is 55.2 Å².